The quantitative estimate of drug-likeness (QED) is 0.779. The molecule has 0 bridgehead atoms. The second-order valence-corrected chi connectivity index (χ2v) is 4.75. The summed E-state index contributed by atoms with van der Waals surface area (Å²) in [7, 11) is 0. The molecule has 1 N–H and O–H groups in total. The Morgan fingerprint density at radius 1 is 1.25 bits per heavy atom. The highest BCUT2D eigenvalue weighted by atomic mass is 32.2. The first kappa shape index (κ1) is 11.6. The Bertz CT molecular complexity index is 361. The van der Waals surface area contributed by atoms with Gasteiger partial charge in [-0.25, -0.2) is 0 Å². The minimum Gasteiger partial charge on any atom is -0.772 e. The zero-order valence-electron chi connectivity index (χ0n) is 9.02. The van der Waals surface area contributed by atoms with Gasteiger partial charge in [0.15, 0.2) is 0 Å². The molecule has 0 saturated carbocycles. The lowest BCUT2D eigenvalue weighted by Gasteiger charge is -2.29. The summed E-state index contributed by atoms with van der Waals surface area (Å²) in [6.45, 7) is 4.03. The van der Waals surface area contributed by atoms with Gasteiger partial charge < -0.3 is 14.8 Å². The minimum atomic E-state index is -2.00. The number of nitrogens with zero attached hydrogens (tertiary/aromatic N) is 1. The minimum absolute atomic E-state index is 0.0990. The second kappa shape index (κ2) is 5.43. The Morgan fingerprint density at radius 2 is 1.88 bits per heavy atom. The van der Waals surface area contributed by atoms with Crippen molar-refractivity contribution in [3.63, 3.8) is 0 Å². The van der Waals surface area contributed by atoms with E-state index in [2.05, 4.69) is 10.2 Å². The van der Waals surface area contributed by atoms with Crippen LogP contribution in [0.2, 0.25) is 0 Å². The Morgan fingerprint density at radius 3 is 2.44 bits per heavy atom. The van der Waals surface area contributed by atoms with Crippen LogP contribution < -0.4 is 10.2 Å². The molecule has 1 saturated heterocycles. The van der Waals surface area contributed by atoms with E-state index in [1.54, 1.807) is 0 Å². The SMILES string of the molecule is O=S([O-])Cc1ccc(N2CCNCC2)cc1. The number of piperazine rings is 1. The Kier molecular flexibility index (Phi) is 3.93. The van der Waals surface area contributed by atoms with Crippen LogP contribution in [-0.2, 0) is 16.8 Å². The number of hydrogen-bond donors (Lipinski definition) is 1. The Hall–Kier alpha value is -0.910. The molecular weight excluding hydrogens is 224 g/mol. The fraction of sp³-hybridized carbons (Fsp3) is 0.455. The van der Waals surface area contributed by atoms with Crippen LogP contribution in [0.4, 0.5) is 5.69 Å². The van der Waals surface area contributed by atoms with Crippen molar-refractivity contribution in [3.05, 3.63) is 29.8 Å². The van der Waals surface area contributed by atoms with Gasteiger partial charge in [-0.3, -0.25) is 4.21 Å². The van der Waals surface area contributed by atoms with Gasteiger partial charge in [0, 0.05) is 37.6 Å². The van der Waals surface area contributed by atoms with Gasteiger partial charge in [-0.2, -0.15) is 0 Å². The van der Waals surface area contributed by atoms with E-state index in [1.165, 1.54) is 5.69 Å². The van der Waals surface area contributed by atoms with E-state index in [4.69, 9.17) is 0 Å². The summed E-state index contributed by atoms with van der Waals surface area (Å²) >= 11 is -2.00. The fourth-order valence-corrected chi connectivity index (χ4v) is 2.33. The molecule has 0 aliphatic carbocycles. The van der Waals surface area contributed by atoms with Crippen molar-refractivity contribution in [2.24, 2.45) is 0 Å². The van der Waals surface area contributed by atoms with Gasteiger partial charge in [-0.1, -0.05) is 23.2 Å². The van der Waals surface area contributed by atoms with Gasteiger partial charge in [0.05, 0.1) is 0 Å². The van der Waals surface area contributed by atoms with E-state index in [0.29, 0.717) is 0 Å². The number of benzene rings is 1. The van der Waals surface area contributed by atoms with Crippen LogP contribution >= 0.6 is 0 Å². The molecule has 1 atom stereocenters. The van der Waals surface area contributed by atoms with Gasteiger partial charge in [-0.05, 0) is 17.7 Å². The van der Waals surface area contributed by atoms with Crippen molar-refractivity contribution in [1.29, 1.82) is 0 Å². The smallest absolute Gasteiger partial charge is 0.0367 e. The summed E-state index contributed by atoms with van der Waals surface area (Å²) in [5.74, 6) is 0.0990. The summed E-state index contributed by atoms with van der Waals surface area (Å²) < 4.78 is 21.1. The third-order valence-electron chi connectivity index (χ3n) is 2.70. The van der Waals surface area contributed by atoms with Crippen molar-refractivity contribution >= 4 is 16.8 Å². The maximum atomic E-state index is 10.5. The summed E-state index contributed by atoms with van der Waals surface area (Å²) in [6.07, 6.45) is 0. The Labute approximate surface area is 97.9 Å². The average Bonchev–Trinajstić information content (AvgIpc) is 2.30. The van der Waals surface area contributed by atoms with Gasteiger partial charge in [0.1, 0.15) is 0 Å². The van der Waals surface area contributed by atoms with E-state index in [0.717, 1.165) is 31.7 Å². The van der Waals surface area contributed by atoms with Crippen LogP contribution in [0.3, 0.4) is 0 Å². The van der Waals surface area contributed by atoms with E-state index in [9.17, 15) is 8.76 Å². The monoisotopic (exact) mass is 239 g/mol. The normalized spacial score (nSPS) is 18.4. The van der Waals surface area contributed by atoms with Crippen molar-refractivity contribution < 1.29 is 8.76 Å². The molecule has 4 nitrogen and oxygen atoms in total. The van der Waals surface area contributed by atoms with Gasteiger partial charge >= 0.3 is 0 Å². The molecule has 1 aliphatic heterocycles. The molecule has 0 spiro atoms. The number of hydrogen-bond acceptors (Lipinski definition) is 4. The molecular formula is C11H15N2O2S-. The van der Waals surface area contributed by atoms with Crippen LogP contribution in [0.1, 0.15) is 5.56 Å². The van der Waals surface area contributed by atoms with Crippen LogP contribution in [0, 0.1) is 0 Å². The maximum absolute atomic E-state index is 10.5. The van der Waals surface area contributed by atoms with E-state index < -0.39 is 11.1 Å². The number of anilines is 1. The molecule has 1 fully saturated rings. The van der Waals surface area contributed by atoms with Gasteiger partial charge in [0.2, 0.25) is 0 Å². The zero-order chi connectivity index (χ0) is 11.4. The van der Waals surface area contributed by atoms with Crippen LogP contribution in [0.5, 0.6) is 0 Å². The lowest BCUT2D eigenvalue weighted by Crippen LogP contribution is -2.43. The molecule has 16 heavy (non-hydrogen) atoms. The summed E-state index contributed by atoms with van der Waals surface area (Å²) in [5.41, 5.74) is 2.01. The average molecular weight is 239 g/mol. The highest BCUT2D eigenvalue weighted by Gasteiger charge is 2.09. The molecule has 88 valence electrons. The first-order chi connectivity index (χ1) is 7.75. The lowest BCUT2D eigenvalue weighted by molar-refractivity contribution is 0.536. The molecule has 0 aromatic heterocycles. The van der Waals surface area contributed by atoms with Crippen molar-refractivity contribution in [2.45, 2.75) is 5.75 Å². The van der Waals surface area contributed by atoms with Gasteiger partial charge in [-0.15, -0.1) is 0 Å². The molecule has 1 unspecified atom stereocenters. The van der Waals surface area contributed by atoms with Crippen molar-refractivity contribution in [3.8, 4) is 0 Å². The zero-order valence-corrected chi connectivity index (χ0v) is 9.83. The third kappa shape index (κ3) is 3.04. The fourth-order valence-electron chi connectivity index (χ4n) is 1.86. The van der Waals surface area contributed by atoms with Crippen molar-refractivity contribution in [2.75, 3.05) is 31.1 Å². The van der Waals surface area contributed by atoms with Crippen LogP contribution in [0.25, 0.3) is 0 Å². The first-order valence-electron chi connectivity index (χ1n) is 5.36. The van der Waals surface area contributed by atoms with Crippen molar-refractivity contribution in [1.82, 2.24) is 5.32 Å². The molecule has 0 radical (unpaired) electrons. The van der Waals surface area contributed by atoms with E-state index in [1.807, 2.05) is 24.3 Å². The summed E-state index contributed by atoms with van der Waals surface area (Å²) in [6, 6.07) is 7.75. The predicted octanol–water partition coefficient (Wildman–Crippen LogP) is 0.475. The maximum Gasteiger partial charge on any atom is 0.0367 e. The highest BCUT2D eigenvalue weighted by molar-refractivity contribution is 7.78. The molecule has 2 rings (SSSR count). The molecule has 1 aliphatic rings. The standard InChI is InChI=1S/C11H16N2O2S/c14-16(15)9-10-1-3-11(4-2-10)13-7-5-12-6-8-13/h1-4,12H,5-9H2,(H,14,15)/p-1. The lowest BCUT2D eigenvalue weighted by atomic mass is 10.2. The van der Waals surface area contributed by atoms with E-state index in [-0.39, 0.29) is 5.75 Å². The Balaban J connectivity index is 2.03. The summed E-state index contributed by atoms with van der Waals surface area (Å²) in [5, 5.41) is 3.30. The van der Waals surface area contributed by atoms with Gasteiger partial charge in [0.25, 0.3) is 0 Å². The second-order valence-electron chi connectivity index (χ2n) is 3.85. The topological polar surface area (TPSA) is 55.4 Å². The first-order valence-corrected chi connectivity index (χ1v) is 6.60. The predicted molar refractivity (Wildman–Crippen MR) is 64.1 cm³/mol. The molecule has 1 heterocycles. The molecule has 1 aromatic carbocycles. The largest absolute Gasteiger partial charge is 0.772 e. The molecule has 1 aromatic rings. The highest BCUT2D eigenvalue weighted by Crippen LogP contribution is 2.16. The summed E-state index contributed by atoms with van der Waals surface area (Å²) in [4.78, 5) is 2.30. The number of rotatable bonds is 3. The van der Waals surface area contributed by atoms with Crippen LogP contribution in [0.15, 0.2) is 24.3 Å². The van der Waals surface area contributed by atoms with E-state index >= 15 is 0 Å². The van der Waals surface area contributed by atoms with Crippen LogP contribution in [-0.4, -0.2) is 34.9 Å². The molecule has 5 heteroatoms. The third-order valence-corrected chi connectivity index (χ3v) is 3.27. The molecule has 0 amide bonds. The number of nitrogens with one attached hydrogen (secondary N) is 1.